The smallest absolute Gasteiger partial charge is 0.0444 e. The molecule has 0 saturated heterocycles. The molecule has 2 rings (SSSR count). The fraction of sp³-hybridized carbons (Fsp3) is 0.455. The van der Waals surface area contributed by atoms with E-state index in [1.165, 1.54) is 11.3 Å². The second kappa shape index (κ2) is 2.25. The number of nitrogens with zero attached hydrogens (tertiary/aromatic N) is 1. The molecule has 1 aliphatic carbocycles. The maximum atomic E-state index is 2.34. The lowest BCUT2D eigenvalue weighted by Gasteiger charge is -2.23. The molecule has 0 saturated carbocycles. The van der Waals surface area contributed by atoms with E-state index >= 15 is 0 Å². The summed E-state index contributed by atoms with van der Waals surface area (Å²) in [4.78, 5) is 0. The van der Waals surface area contributed by atoms with Crippen molar-refractivity contribution in [2.24, 2.45) is 0 Å². The quantitative estimate of drug-likeness (QED) is 0.551. The predicted octanol–water partition coefficient (Wildman–Crippen LogP) is 2.81. The third-order valence-corrected chi connectivity index (χ3v) is 2.35. The number of hydrogen-bond acceptors (Lipinski definition) is 0. The van der Waals surface area contributed by atoms with Crippen molar-refractivity contribution in [2.45, 2.75) is 32.7 Å². The molecule has 0 bridgehead atoms. The monoisotopic (exact) mass is 161 g/mol. The number of fused-ring (bicyclic) bond motifs is 1. The van der Waals surface area contributed by atoms with Crippen LogP contribution in [0.25, 0.3) is 6.08 Å². The van der Waals surface area contributed by atoms with Crippen molar-refractivity contribution in [3.8, 4) is 0 Å². The van der Waals surface area contributed by atoms with Crippen molar-refractivity contribution in [3.63, 3.8) is 0 Å². The summed E-state index contributed by atoms with van der Waals surface area (Å²) in [6, 6.07) is 2.22. The number of rotatable bonds is 0. The van der Waals surface area contributed by atoms with E-state index in [1.807, 2.05) is 0 Å². The van der Waals surface area contributed by atoms with Crippen LogP contribution in [-0.4, -0.2) is 4.57 Å². The molecule has 0 atom stereocenters. The molecule has 0 fully saturated rings. The maximum Gasteiger partial charge on any atom is 0.0444 e. The average molecular weight is 161 g/mol. The van der Waals surface area contributed by atoms with Gasteiger partial charge in [0.05, 0.1) is 0 Å². The van der Waals surface area contributed by atoms with Gasteiger partial charge in [-0.05, 0) is 44.9 Å². The molecule has 0 radical (unpaired) electrons. The van der Waals surface area contributed by atoms with Gasteiger partial charge in [-0.1, -0.05) is 6.08 Å². The van der Waals surface area contributed by atoms with Crippen LogP contribution in [0.2, 0.25) is 0 Å². The summed E-state index contributed by atoms with van der Waals surface area (Å²) in [5.41, 5.74) is 3.06. The Balaban J connectivity index is 2.53. The third kappa shape index (κ3) is 1.01. The summed E-state index contributed by atoms with van der Waals surface area (Å²) in [7, 11) is 0. The van der Waals surface area contributed by atoms with Gasteiger partial charge in [0.2, 0.25) is 0 Å². The summed E-state index contributed by atoms with van der Waals surface area (Å²) >= 11 is 0. The van der Waals surface area contributed by atoms with Crippen LogP contribution in [0, 0.1) is 0 Å². The van der Waals surface area contributed by atoms with Gasteiger partial charge < -0.3 is 4.57 Å². The molecular formula is C11H15N. The van der Waals surface area contributed by atoms with Crippen LogP contribution in [-0.2, 0) is 12.0 Å². The van der Waals surface area contributed by atoms with Gasteiger partial charge in [-0.25, -0.2) is 0 Å². The van der Waals surface area contributed by atoms with Crippen molar-refractivity contribution in [1.82, 2.24) is 4.57 Å². The SMILES string of the molecule is CC(C)(C)n1ccc2c1C=CC2. The van der Waals surface area contributed by atoms with Crippen LogP contribution in [0.15, 0.2) is 18.3 Å². The van der Waals surface area contributed by atoms with Crippen molar-refractivity contribution in [1.29, 1.82) is 0 Å². The zero-order valence-electron chi connectivity index (χ0n) is 7.96. The summed E-state index contributed by atoms with van der Waals surface area (Å²) in [5.74, 6) is 0. The molecule has 1 aliphatic rings. The van der Waals surface area contributed by atoms with E-state index in [0.29, 0.717) is 0 Å². The molecule has 0 unspecified atom stereocenters. The molecule has 1 heteroatoms. The number of hydrogen-bond donors (Lipinski definition) is 0. The highest BCUT2D eigenvalue weighted by Gasteiger charge is 2.18. The van der Waals surface area contributed by atoms with Crippen molar-refractivity contribution in [2.75, 3.05) is 0 Å². The van der Waals surface area contributed by atoms with E-state index in [4.69, 9.17) is 0 Å². The highest BCUT2D eigenvalue weighted by atomic mass is 15.0. The molecule has 0 aliphatic heterocycles. The van der Waals surface area contributed by atoms with E-state index in [-0.39, 0.29) is 5.54 Å². The molecule has 0 spiro atoms. The predicted molar refractivity (Wildman–Crippen MR) is 52.2 cm³/mol. The van der Waals surface area contributed by atoms with Crippen molar-refractivity contribution < 1.29 is 0 Å². The van der Waals surface area contributed by atoms with E-state index in [1.54, 1.807) is 0 Å². The van der Waals surface area contributed by atoms with Gasteiger partial charge in [-0.3, -0.25) is 0 Å². The minimum Gasteiger partial charge on any atom is -0.342 e. The molecular weight excluding hydrogens is 146 g/mol. The lowest BCUT2D eigenvalue weighted by Crippen LogP contribution is -2.21. The molecule has 0 aromatic carbocycles. The van der Waals surface area contributed by atoms with Gasteiger partial charge in [0.25, 0.3) is 0 Å². The van der Waals surface area contributed by atoms with Gasteiger partial charge in [0, 0.05) is 17.4 Å². The molecule has 0 N–H and O–H groups in total. The zero-order valence-corrected chi connectivity index (χ0v) is 7.96. The first-order valence-electron chi connectivity index (χ1n) is 4.46. The van der Waals surface area contributed by atoms with Gasteiger partial charge in [0.15, 0.2) is 0 Å². The van der Waals surface area contributed by atoms with Gasteiger partial charge in [0.1, 0.15) is 0 Å². The third-order valence-electron chi connectivity index (χ3n) is 2.35. The maximum absolute atomic E-state index is 2.34. The Morgan fingerprint density at radius 2 is 2.08 bits per heavy atom. The van der Waals surface area contributed by atoms with E-state index in [0.717, 1.165) is 6.42 Å². The van der Waals surface area contributed by atoms with E-state index < -0.39 is 0 Å². The van der Waals surface area contributed by atoms with Crippen LogP contribution in [0.5, 0.6) is 0 Å². The number of allylic oxidation sites excluding steroid dienone is 1. The fourth-order valence-corrected chi connectivity index (χ4v) is 1.73. The largest absolute Gasteiger partial charge is 0.342 e. The Morgan fingerprint density at radius 1 is 1.33 bits per heavy atom. The Hall–Kier alpha value is -0.980. The highest BCUT2D eigenvalue weighted by molar-refractivity contribution is 5.57. The Bertz CT molecular complexity index is 323. The zero-order chi connectivity index (χ0) is 8.77. The van der Waals surface area contributed by atoms with Crippen molar-refractivity contribution in [3.05, 3.63) is 29.6 Å². The summed E-state index contributed by atoms with van der Waals surface area (Å²) < 4.78 is 2.34. The van der Waals surface area contributed by atoms with Gasteiger partial charge in [-0.2, -0.15) is 0 Å². The first kappa shape index (κ1) is 7.66. The topological polar surface area (TPSA) is 4.93 Å². The van der Waals surface area contributed by atoms with E-state index in [2.05, 4.69) is 49.8 Å². The minimum absolute atomic E-state index is 0.211. The van der Waals surface area contributed by atoms with Gasteiger partial charge in [-0.15, -0.1) is 0 Å². The standard InChI is InChI=1S/C11H15N/c1-11(2,3)12-8-7-9-5-4-6-10(9)12/h4,6-8H,5H2,1-3H3. The van der Waals surface area contributed by atoms with Crippen LogP contribution in [0.1, 0.15) is 32.0 Å². The molecule has 0 amide bonds. The van der Waals surface area contributed by atoms with Crippen LogP contribution in [0.4, 0.5) is 0 Å². The first-order valence-corrected chi connectivity index (χ1v) is 4.46. The molecule has 1 aromatic heterocycles. The van der Waals surface area contributed by atoms with Crippen LogP contribution >= 0.6 is 0 Å². The fourth-order valence-electron chi connectivity index (χ4n) is 1.73. The highest BCUT2D eigenvalue weighted by Crippen LogP contribution is 2.26. The Labute approximate surface area is 73.7 Å². The molecule has 64 valence electrons. The lowest BCUT2D eigenvalue weighted by atomic mass is 10.1. The Morgan fingerprint density at radius 3 is 2.75 bits per heavy atom. The second-order valence-corrected chi connectivity index (χ2v) is 4.37. The molecule has 12 heavy (non-hydrogen) atoms. The first-order chi connectivity index (χ1) is 5.59. The Kier molecular flexibility index (Phi) is 1.44. The van der Waals surface area contributed by atoms with Crippen LogP contribution < -0.4 is 0 Å². The second-order valence-electron chi connectivity index (χ2n) is 4.37. The summed E-state index contributed by atoms with van der Waals surface area (Å²) in [6.45, 7) is 6.71. The normalized spacial score (nSPS) is 15.2. The van der Waals surface area contributed by atoms with Gasteiger partial charge >= 0.3 is 0 Å². The molecule has 1 heterocycles. The lowest BCUT2D eigenvalue weighted by molar-refractivity contribution is 0.396. The van der Waals surface area contributed by atoms with E-state index in [9.17, 15) is 0 Å². The minimum atomic E-state index is 0.211. The van der Waals surface area contributed by atoms with Crippen LogP contribution in [0.3, 0.4) is 0 Å². The molecule has 1 aromatic rings. The number of aromatic nitrogens is 1. The summed E-state index contributed by atoms with van der Waals surface area (Å²) in [6.07, 6.45) is 7.75. The van der Waals surface area contributed by atoms with Crippen molar-refractivity contribution >= 4 is 6.08 Å². The average Bonchev–Trinajstić information content (AvgIpc) is 2.37. The summed E-state index contributed by atoms with van der Waals surface area (Å²) in [5, 5.41) is 0. The molecule has 1 nitrogen and oxygen atoms in total.